The molecule has 7 heteroatoms. The van der Waals surface area contributed by atoms with Crippen LogP contribution in [0.5, 0.6) is 0 Å². The molecule has 0 saturated carbocycles. The molecule has 0 bridgehead atoms. The van der Waals surface area contributed by atoms with Crippen LogP contribution in [0.25, 0.3) is 0 Å². The Balaban J connectivity index is 2.21. The second kappa shape index (κ2) is 6.44. The smallest absolute Gasteiger partial charge is 0.257 e. The highest BCUT2D eigenvalue weighted by Gasteiger charge is 2.13. The van der Waals surface area contributed by atoms with Crippen LogP contribution in [0.2, 0.25) is 5.02 Å². The van der Waals surface area contributed by atoms with E-state index in [9.17, 15) is 14.0 Å². The van der Waals surface area contributed by atoms with Crippen LogP contribution < -0.4 is 16.4 Å². The van der Waals surface area contributed by atoms with Gasteiger partial charge in [-0.15, -0.1) is 0 Å². The molecule has 22 heavy (non-hydrogen) atoms. The molecule has 0 radical (unpaired) electrons. The first-order valence-electron chi connectivity index (χ1n) is 6.30. The minimum absolute atomic E-state index is 0.0300. The van der Waals surface area contributed by atoms with Crippen LogP contribution in [0.15, 0.2) is 36.4 Å². The van der Waals surface area contributed by atoms with Gasteiger partial charge in [0.1, 0.15) is 5.82 Å². The van der Waals surface area contributed by atoms with Crippen LogP contribution in [0.1, 0.15) is 17.3 Å². The summed E-state index contributed by atoms with van der Waals surface area (Å²) in [7, 11) is 0. The summed E-state index contributed by atoms with van der Waals surface area (Å²) >= 11 is 5.92. The zero-order valence-corrected chi connectivity index (χ0v) is 12.4. The third-order valence-electron chi connectivity index (χ3n) is 2.77. The molecule has 0 saturated heterocycles. The molecular formula is C15H13ClFN3O2. The minimum Gasteiger partial charge on any atom is -0.399 e. The molecule has 0 aliphatic rings. The van der Waals surface area contributed by atoms with E-state index in [1.807, 2.05) is 0 Å². The molecule has 0 unspecified atom stereocenters. The second-order valence-electron chi connectivity index (χ2n) is 4.57. The molecule has 4 N–H and O–H groups in total. The first-order chi connectivity index (χ1) is 10.4. The van der Waals surface area contributed by atoms with Crippen molar-refractivity contribution in [3.8, 4) is 0 Å². The van der Waals surface area contributed by atoms with Gasteiger partial charge in [0.15, 0.2) is 0 Å². The molecule has 2 aromatic rings. The van der Waals surface area contributed by atoms with E-state index in [0.717, 1.165) is 6.07 Å². The molecule has 2 aromatic carbocycles. The van der Waals surface area contributed by atoms with Crippen LogP contribution >= 0.6 is 11.6 Å². The maximum Gasteiger partial charge on any atom is 0.257 e. The van der Waals surface area contributed by atoms with Crippen molar-refractivity contribution in [1.29, 1.82) is 0 Å². The van der Waals surface area contributed by atoms with Gasteiger partial charge < -0.3 is 16.4 Å². The van der Waals surface area contributed by atoms with Gasteiger partial charge in [-0.25, -0.2) is 4.39 Å². The van der Waals surface area contributed by atoms with Gasteiger partial charge in [0.05, 0.1) is 16.3 Å². The molecule has 114 valence electrons. The Labute approximate surface area is 131 Å². The van der Waals surface area contributed by atoms with Crippen LogP contribution in [0, 0.1) is 5.82 Å². The molecule has 0 spiro atoms. The summed E-state index contributed by atoms with van der Waals surface area (Å²) < 4.78 is 13.9. The van der Waals surface area contributed by atoms with Crippen molar-refractivity contribution >= 4 is 40.5 Å². The summed E-state index contributed by atoms with van der Waals surface area (Å²) in [6.07, 6.45) is 0. The molecular weight excluding hydrogens is 309 g/mol. The first kappa shape index (κ1) is 15.8. The Morgan fingerprint density at radius 3 is 2.50 bits per heavy atom. The standard InChI is InChI=1S/C15H13ClFN3O2/c1-8(21)19-10-3-5-14(13(17)7-10)20-15(22)11-6-9(18)2-4-12(11)16/h2-7H,18H2,1H3,(H,19,21)(H,20,22). The third kappa shape index (κ3) is 3.73. The lowest BCUT2D eigenvalue weighted by atomic mass is 10.1. The van der Waals surface area contributed by atoms with E-state index in [1.165, 1.54) is 31.2 Å². The lowest BCUT2D eigenvalue weighted by Gasteiger charge is -2.10. The van der Waals surface area contributed by atoms with Crippen molar-refractivity contribution in [2.24, 2.45) is 0 Å². The van der Waals surface area contributed by atoms with Gasteiger partial charge >= 0.3 is 0 Å². The van der Waals surface area contributed by atoms with Crippen molar-refractivity contribution in [1.82, 2.24) is 0 Å². The number of carbonyl (C=O) groups excluding carboxylic acids is 2. The van der Waals surface area contributed by atoms with Gasteiger partial charge in [-0.05, 0) is 36.4 Å². The van der Waals surface area contributed by atoms with Crippen molar-refractivity contribution < 1.29 is 14.0 Å². The monoisotopic (exact) mass is 321 g/mol. The summed E-state index contributed by atoms with van der Waals surface area (Å²) in [4.78, 5) is 23.0. The Bertz CT molecular complexity index is 750. The van der Waals surface area contributed by atoms with Crippen molar-refractivity contribution in [2.75, 3.05) is 16.4 Å². The fraction of sp³-hybridized carbons (Fsp3) is 0.0667. The van der Waals surface area contributed by atoms with Crippen molar-refractivity contribution in [3.05, 3.63) is 52.8 Å². The number of nitrogens with two attached hydrogens (primary N) is 1. The average Bonchev–Trinajstić information content (AvgIpc) is 2.43. The predicted molar refractivity (Wildman–Crippen MR) is 84.5 cm³/mol. The molecule has 0 heterocycles. The van der Waals surface area contributed by atoms with E-state index in [1.54, 1.807) is 6.07 Å². The lowest BCUT2D eigenvalue weighted by Crippen LogP contribution is -2.14. The van der Waals surface area contributed by atoms with E-state index in [4.69, 9.17) is 17.3 Å². The van der Waals surface area contributed by atoms with Gasteiger partial charge in [0, 0.05) is 18.3 Å². The quantitative estimate of drug-likeness (QED) is 0.758. The highest BCUT2D eigenvalue weighted by Crippen LogP contribution is 2.23. The van der Waals surface area contributed by atoms with Crippen LogP contribution in [0.4, 0.5) is 21.5 Å². The highest BCUT2D eigenvalue weighted by molar-refractivity contribution is 6.34. The average molecular weight is 322 g/mol. The zero-order chi connectivity index (χ0) is 16.3. The van der Waals surface area contributed by atoms with Gasteiger partial charge in [-0.3, -0.25) is 9.59 Å². The number of hydrogen-bond acceptors (Lipinski definition) is 3. The van der Waals surface area contributed by atoms with Gasteiger partial charge in [-0.2, -0.15) is 0 Å². The van der Waals surface area contributed by atoms with E-state index >= 15 is 0 Å². The van der Waals surface area contributed by atoms with Crippen LogP contribution in [-0.2, 0) is 4.79 Å². The van der Waals surface area contributed by atoms with Crippen LogP contribution in [-0.4, -0.2) is 11.8 Å². The number of amides is 2. The van der Waals surface area contributed by atoms with Gasteiger partial charge in [0.25, 0.3) is 5.91 Å². The number of benzene rings is 2. The van der Waals surface area contributed by atoms with Crippen molar-refractivity contribution in [2.45, 2.75) is 6.92 Å². The molecule has 0 atom stereocenters. The number of rotatable bonds is 3. The number of nitrogens with one attached hydrogen (secondary N) is 2. The highest BCUT2D eigenvalue weighted by atomic mass is 35.5. The van der Waals surface area contributed by atoms with E-state index in [2.05, 4.69) is 10.6 Å². The van der Waals surface area contributed by atoms with E-state index in [0.29, 0.717) is 11.4 Å². The first-order valence-corrected chi connectivity index (χ1v) is 6.68. The summed E-state index contributed by atoms with van der Waals surface area (Å²) in [5.41, 5.74) is 6.38. The fourth-order valence-electron chi connectivity index (χ4n) is 1.80. The van der Waals surface area contributed by atoms with Gasteiger partial charge in [-0.1, -0.05) is 11.6 Å². The number of anilines is 3. The fourth-order valence-corrected chi connectivity index (χ4v) is 2.01. The van der Waals surface area contributed by atoms with Crippen molar-refractivity contribution in [3.63, 3.8) is 0 Å². The largest absolute Gasteiger partial charge is 0.399 e. The Hall–Kier alpha value is -2.60. The topological polar surface area (TPSA) is 84.2 Å². The zero-order valence-electron chi connectivity index (χ0n) is 11.6. The SMILES string of the molecule is CC(=O)Nc1ccc(NC(=O)c2cc(N)ccc2Cl)c(F)c1. The maximum absolute atomic E-state index is 13.9. The Morgan fingerprint density at radius 1 is 1.14 bits per heavy atom. The lowest BCUT2D eigenvalue weighted by molar-refractivity contribution is -0.114. The normalized spacial score (nSPS) is 10.1. The summed E-state index contributed by atoms with van der Waals surface area (Å²) in [5, 5.41) is 5.06. The maximum atomic E-state index is 13.9. The predicted octanol–water partition coefficient (Wildman–Crippen LogP) is 3.27. The van der Waals surface area contributed by atoms with E-state index in [-0.39, 0.29) is 22.2 Å². The molecule has 0 aromatic heterocycles. The van der Waals surface area contributed by atoms with Gasteiger partial charge in [0.2, 0.25) is 5.91 Å². The number of halogens is 2. The number of hydrogen-bond donors (Lipinski definition) is 3. The molecule has 0 aliphatic carbocycles. The summed E-state index contributed by atoms with van der Waals surface area (Å²) in [5.74, 6) is -1.58. The Morgan fingerprint density at radius 2 is 1.86 bits per heavy atom. The molecule has 0 fully saturated rings. The molecule has 2 rings (SSSR count). The second-order valence-corrected chi connectivity index (χ2v) is 4.98. The molecule has 0 aliphatic heterocycles. The van der Waals surface area contributed by atoms with Crippen LogP contribution in [0.3, 0.4) is 0 Å². The molecule has 2 amide bonds. The number of carbonyl (C=O) groups is 2. The van der Waals surface area contributed by atoms with E-state index < -0.39 is 11.7 Å². The molecule has 5 nitrogen and oxygen atoms in total. The minimum atomic E-state index is -0.681. The number of nitrogen functional groups attached to an aromatic ring is 1. The Kier molecular flexibility index (Phi) is 4.62. The third-order valence-corrected chi connectivity index (χ3v) is 3.10. The summed E-state index contributed by atoms with van der Waals surface area (Å²) in [6, 6.07) is 8.38. The summed E-state index contributed by atoms with van der Waals surface area (Å²) in [6.45, 7) is 1.31.